The average molecular weight is 264 g/mol. The van der Waals surface area contributed by atoms with Crippen LogP contribution in [0.4, 0.5) is 11.8 Å². The second-order valence-electron chi connectivity index (χ2n) is 3.34. The summed E-state index contributed by atoms with van der Waals surface area (Å²) in [5.41, 5.74) is 0.381. The van der Waals surface area contributed by atoms with Crippen molar-refractivity contribution in [3.63, 3.8) is 0 Å². The molecule has 6 nitrogen and oxygen atoms in total. The van der Waals surface area contributed by atoms with E-state index in [1.165, 1.54) is 6.07 Å². The highest BCUT2D eigenvalue weighted by Gasteiger charge is 2.10. The molecule has 0 aliphatic heterocycles. The lowest BCUT2D eigenvalue weighted by Crippen LogP contribution is -2.14. The number of amides is 1. The van der Waals surface area contributed by atoms with Gasteiger partial charge < -0.3 is 5.32 Å². The summed E-state index contributed by atoms with van der Waals surface area (Å²) >= 11 is 5.81. The van der Waals surface area contributed by atoms with Crippen molar-refractivity contribution in [2.75, 3.05) is 17.7 Å². The van der Waals surface area contributed by atoms with Crippen molar-refractivity contribution in [2.24, 2.45) is 0 Å². The Morgan fingerprint density at radius 1 is 1.28 bits per heavy atom. The van der Waals surface area contributed by atoms with Crippen LogP contribution >= 0.6 is 11.6 Å². The lowest BCUT2D eigenvalue weighted by atomic mass is 10.2. The molecule has 0 spiro atoms. The molecule has 2 rings (SSSR count). The van der Waals surface area contributed by atoms with E-state index in [4.69, 9.17) is 11.6 Å². The van der Waals surface area contributed by atoms with Crippen molar-refractivity contribution in [1.29, 1.82) is 0 Å². The molecule has 0 saturated heterocycles. The fourth-order valence-corrected chi connectivity index (χ4v) is 1.50. The lowest BCUT2D eigenvalue weighted by Gasteiger charge is -2.05. The molecular formula is C11H10ClN5O. The summed E-state index contributed by atoms with van der Waals surface area (Å²) in [5.74, 6) is 0.407. The number of halogens is 1. The van der Waals surface area contributed by atoms with Crippen LogP contribution in [0.5, 0.6) is 0 Å². The van der Waals surface area contributed by atoms with Gasteiger partial charge in [-0.1, -0.05) is 11.6 Å². The smallest absolute Gasteiger partial charge is 0.258 e. The van der Waals surface area contributed by atoms with Gasteiger partial charge in [0, 0.05) is 25.0 Å². The molecule has 0 atom stereocenters. The van der Waals surface area contributed by atoms with E-state index < -0.39 is 0 Å². The molecule has 0 aromatic carbocycles. The summed E-state index contributed by atoms with van der Waals surface area (Å²) in [6.07, 6.45) is 3.09. The zero-order chi connectivity index (χ0) is 13.0. The monoisotopic (exact) mass is 263 g/mol. The summed E-state index contributed by atoms with van der Waals surface area (Å²) in [6, 6.07) is 4.73. The third kappa shape index (κ3) is 2.92. The second-order valence-corrected chi connectivity index (χ2v) is 3.73. The van der Waals surface area contributed by atoms with Gasteiger partial charge in [-0.05, 0) is 18.2 Å². The van der Waals surface area contributed by atoms with Crippen molar-refractivity contribution in [3.05, 3.63) is 41.3 Å². The molecule has 1 amide bonds. The van der Waals surface area contributed by atoms with Crippen LogP contribution in [0, 0.1) is 0 Å². The minimum absolute atomic E-state index is 0.237. The molecule has 0 unspecified atom stereocenters. The van der Waals surface area contributed by atoms with Gasteiger partial charge in [-0.3, -0.25) is 10.1 Å². The van der Waals surface area contributed by atoms with Crippen molar-refractivity contribution in [2.45, 2.75) is 0 Å². The molecule has 0 fully saturated rings. The SMILES string of the molecule is CNc1cc(C(=O)Nc2ncccn2)cc(Cl)n1. The molecule has 0 bridgehead atoms. The minimum atomic E-state index is -0.345. The summed E-state index contributed by atoms with van der Waals surface area (Å²) < 4.78 is 0. The van der Waals surface area contributed by atoms with E-state index in [0.29, 0.717) is 11.4 Å². The predicted molar refractivity (Wildman–Crippen MR) is 68.8 cm³/mol. The lowest BCUT2D eigenvalue weighted by molar-refractivity contribution is 0.102. The molecular weight excluding hydrogens is 254 g/mol. The molecule has 18 heavy (non-hydrogen) atoms. The van der Waals surface area contributed by atoms with Crippen molar-refractivity contribution in [1.82, 2.24) is 15.0 Å². The maximum absolute atomic E-state index is 11.9. The number of hydrogen-bond donors (Lipinski definition) is 2. The van der Waals surface area contributed by atoms with Gasteiger partial charge in [0.05, 0.1) is 0 Å². The van der Waals surface area contributed by atoms with Gasteiger partial charge in [0.25, 0.3) is 5.91 Å². The predicted octanol–water partition coefficient (Wildman–Crippen LogP) is 1.82. The van der Waals surface area contributed by atoms with Crippen LogP contribution in [0.2, 0.25) is 5.15 Å². The second kappa shape index (κ2) is 5.42. The number of hydrogen-bond acceptors (Lipinski definition) is 5. The fourth-order valence-electron chi connectivity index (χ4n) is 1.29. The van der Waals surface area contributed by atoms with Crippen LogP contribution in [-0.2, 0) is 0 Å². The Hall–Kier alpha value is -2.21. The molecule has 0 aliphatic rings. The van der Waals surface area contributed by atoms with E-state index in [1.54, 1.807) is 31.6 Å². The van der Waals surface area contributed by atoms with Gasteiger partial charge in [0.1, 0.15) is 11.0 Å². The van der Waals surface area contributed by atoms with Gasteiger partial charge in [-0.2, -0.15) is 0 Å². The van der Waals surface area contributed by atoms with Crippen LogP contribution in [0.15, 0.2) is 30.6 Å². The Morgan fingerprint density at radius 3 is 2.67 bits per heavy atom. The van der Waals surface area contributed by atoms with Gasteiger partial charge in [0.15, 0.2) is 0 Å². The molecule has 2 aromatic heterocycles. The zero-order valence-corrected chi connectivity index (χ0v) is 10.3. The number of anilines is 2. The van der Waals surface area contributed by atoms with E-state index in [9.17, 15) is 4.79 Å². The number of carbonyl (C=O) groups is 1. The molecule has 0 saturated carbocycles. The number of aromatic nitrogens is 3. The number of carbonyl (C=O) groups excluding carboxylic acids is 1. The quantitative estimate of drug-likeness (QED) is 0.826. The Labute approximate surface area is 108 Å². The van der Waals surface area contributed by atoms with Gasteiger partial charge in [-0.15, -0.1) is 0 Å². The van der Waals surface area contributed by atoms with Crippen LogP contribution in [0.3, 0.4) is 0 Å². The van der Waals surface area contributed by atoms with E-state index in [0.717, 1.165) is 0 Å². The Morgan fingerprint density at radius 2 is 2.00 bits per heavy atom. The summed E-state index contributed by atoms with van der Waals surface area (Å²) in [6.45, 7) is 0. The van der Waals surface area contributed by atoms with E-state index in [1.807, 2.05) is 0 Å². The highest BCUT2D eigenvalue weighted by Crippen LogP contribution is 2.14. The average Bonchev–Trinajstić information content (AvgIpc) is 2.39. The summed E-state index contributed by atoms with van der Waals surface area (Å²) in [5, 5.41) is 5.62. The molecule has 0 aliphatic carbocycles. The number of nitrogens with one attached hydrogen (secondary N) is 2. The normalized spacial score (nSPS) is 9.89. The first-order valence-electron chi connectivity index (χ1n) is 5.13. The molecule has 2 aromatic rings. The highest BCUT2D eigenvalue weighted by molar-refractivity contribution is 6.30. The van der Waals surface area contributed by atoms with Gasteiger partial charge in [0.2, 0.25) is 5.95 Å². The third-order valence-corrected chi connectivity index (χ3v) is 2.30. The fraction of sp³-hybridized carbons (Fsp3) is 0.0909. The standard InChI is InChI=1S/C11H10ClN5O/c1-13-9-6-7(5-8(12)16-9)10(18)17-11-14-3-2-4-15-11/h2-6H,1H3,(H,13,16)(H,14,15,17,18). The van der Waals surface area contributed by atoms with E-state index >= 15 is 0 Å². The van der Waals surface area contributed by atoms with E-state index in [-0.39, 0.29) is 17.0 Å². The minimum Gasteiger partial charge on any atom is -0.373 e. The first-order valence-corrected chi connectivity index (χ1v) is 5.50. The van der Waals surface area contributed by atoms with Crippen LogP contribution < -0.4 is 10.6 Å². The topological polar surface area (TPSA) is 79.8 Å². The summed E-state index contributed by atoms with van der Waals surface area (Å²) in [4.78, 5) is 23.7. The molecule has 0 radical (unpaired) electrons. The number of nitrogens with zero attached hydrogens (tertiary/aromatic N) is 3. The van der Waals surface area contributed by atoms with Crippen LogP contribution in [0.25, 0.3) is 0 Å². The largest absolute Gasteiger partial charge is 0.373 e. The summed E-state index contributed by atoms with van der Waals surface area (Å²) in [7, 11) is 1.70. The van der Waals surface area contributed by atoms with Crippen LogP contribution in [-0.4, -0.2) is 27.9 Å². The van der Waals surface area contributed by atoms with Gasteiger partial charge in [-0.25, -0.2) is 15.0 Å². The Kier molecular flexibility index (Phi) is 3.69. The third-order valence-electron chi connectivity index (χ3n) is 2.10. The van der Waals surface area contributed by atoms with Crippen molar-refractivity contribution < 1.29 is 4.79 Å². The zero-order valence-electron chi connectivity index (χ0n) is 9.51. The van der Waals surface area contributed by atoms with E-state index in [2.05, 4.69) is 25.6 Å². The first-order chi connectivity index (χ1) is 8.69. The Balaban J connectivity index is 2.21. The molecule has 92 valence electrons. The van der Waals surface area contributed by atoms with Gasteiger partial charge >= 0.3 is 0 Å². The van der Waals surface area contributed by atoms with Crippen molar-refractivity contribution >= 4 is 29.3 Å². The molecule has 7 heteroatoms. The highest BCUT2D eigenvalue weighted by atomic mass is 35.5. The van der Waals surface area contributed by atoms with Crippen LogP contribution in [0.1, 0.15) is 10.4 Å². The molecule has 2 heterocycles. The van der Waals surface area contributed by atoms with Crippen molar-refractivity contribution in [3.8, 4) is 0 Å². The Bertz CT molecular complexity index is 561. The maximum atomic E-state index is 11.9. The first kappa shape index (κ1) is 12.3. The number of pyridine rings is 1. The maximum Gasteiger partial charge on any atom is 0.258 e. The number of rotatable bonds is 3. The molecule has 2 N–H and O–H groups in total.